The van der Waals surface area contributed by atoms with E-state index in [4.69, 9.17) is 22.3 Å². The molecule has 0 aliphatic rings. The van der Waals surface area contributed by atoms with Gasteiger partial charge in [-0.3, -0.25) is 0 Å². The van der Waals surface area contributed by atoms with E-state index in [9.17, 15) is 0 Å². The molecule has 0 amide bonds. The monoisotopic (exact) mass is 405 g/mol. The van der Waals surface area contributed by atoms with Crippen molar-refractivity contribution in [3.63, 3.8) is 0 Å². The van der Waals surface area contributed by atoms with Gasteiger partial charge < -0.3 is 19.2 Å². The van der Waals surface area contributed by atoms with Gasteiger partial charge in [0.1, 0.15) is 0 Å². The number of hydrogen-bond acceptors (Lipinski definition) is 5. The molecule has 0 aromatic carbocycles. The van der Waals surface area contributed by atoms with Gasteiger partial charge in [0.25, 0.3) is 0 Å². The van der Waals surface area contributed by atoms with E-state index >= 15 is 0 Å². The van der Waals surface area contributed by atoms with E-state index in [0.717, 1.165) is 0 Å². The zero-order valence-corrected chi connectivity index (χ0v) is 8.61. The van der Waals surface area contributed by atoms with E-state index < -0.39 is 9.05 Å². The molecule has 9 heavy (non-hydrogen) atoms. The Balaban J connectivity index is -0.0000000286. The van der Waals surface area contributed by atoms with E-state index in [2.05, 4.69) is 0 Å². The van der Waals surface area contributed by atoms with Crippen molar-refractivity contribution >= 4 is 57.4 Å². The van der Waals surface area contributed by atoms with Crippen molar-refractivity contribution in [3.8, 4) is 0 Å². The van der Waals surface area contributed by atoms with Crippen LogP contribution in [0.15, 0.2) is 0 Å². The Morgan fingerprint density at radius 1 is 1.00 bits per heavy atom. The second kappa shape index (κ2) is 12.7. The molecule has 0 aliphatic carbocycles. The molecule has 0 saturated carbocycles. The third-order valence-corrected chi connectivity index (χ3v) is 0. The van der Waals surface area contributed by atoms with Crippen LogP contribution in [-0.2, 0) is 20.1 Å². The Bertz CT molecular complexity index is 40.7. The first-order valence-corrected chi connectivity index (χ1v) is 4.05. The summed E-state index contributed by atoms with van der Waals surface area (Å²) >= 11 is 0.300. The van der Waals surface area contributed by atoms with Gasteiger partial charge in [0.2, 0.25) is 0 Å². The Labute approximate surface area is 95.7 Å². The first kappa shape index (κ1) is 22.5. The molecule has 0 heterocycles. The quantitative estimate of drug-likeness (QED) is 0.307. The molecule has 4 N–H and O–H groups in total. The fourth-order valence-electron chi connectivity index (χ4n) is 0. The summed E-state index contributed by atoms with van der Waals surface area (Å²) in [5, 5.41) is 0. The Morgan fingerprint density at radius 3 is 1.00 bits per heavy atom. The zero-order valence-electron chi connectivity index (χ0n) is 3.58. The van der Waals surface area contributed by atoms with Crippen molar-refractivity contribution in [1.29, 1.82) is 0 Å². The summed E-state index contributed by atoms with van der Waals surface area (Å²) in [5.74, 6) is 0. The first-order chi connectivity index (χ1) is 3.00. The van der Waals surface area contributed by atoms with Crippen LogP contribution in [-0.4, -0.2) is 76.6 Å². The molecule has 3 radical (unpaired) electrons. The van der Waals surface area contributed by atoms with Crippen LogP contribution in [0.25, 0.3) is 0 Å². The van der Waals surface area contributed by atoms with Crippen molar-refractivity contribution < 1.29 is 39.3 Å². The fraction of sp³-hybridized carbons (Fsp3) is 0. The van der Waals surface area contributed by atoms with Crippen LogP contribution in [0.5, 0.6) is 0 Å². The molecule has 55 valence electrons. The molecule has 5 nitrogen and oxygen atoms in total. The van der Waals surface area contributed by atoms with Gasteiger partial charge in [-0.05, 0) is 0 Å². The number of hydrogen-bond donors (Lipinski definition) is 4. The second-order valence-corrected chi connectivity index (χ2v) is 1.80. The maximum atomic E-state index is 8.34. The van der Waals surface area contributed by atoms with Gasteiger partial charge in [0.15, 0.2) is 0 Å². The molecule has 0 aromatic rings. The van der Waals surface area contributed by atoms with Crippen molar-refractivity contribution in [2.45, 2.75) is 0 Å². The fourth-order valence-corrected chi connectivity index (χ4v) is 0. The van der Waals surface area contributed by atoms with E-state index in [1.54, 1.807) is 0 Å². The minimum absolute atomic E-state index is 0. The Kier molecular flexibility index (Phi) is 31.7. The summed E-state index contributed by atoms with van der Waals surface area (Å²) in [6.45, 7) is 0. The van der Waals surface area contributed by atoms with E-state index in [0.29, 0.717) is 22.5 Å². The third kappa shape index (κ3) is 155. The van der Waals surface area contributed by atoms with Crippen LogP contribution in [0.4, 0.5) is 0 Å². The molecule has 9 heteroatoms. The maximum absolute atomic E-state index is 8.34. The average molecular weight is 404 g/mol. The summed E-state index contributed by atoms with van der Waals surface area (Å²) in [6, 6.07) is 0. The molecule has 0 fully saturated rings. The normalized spacial score (nSPS) is 7.11. The minimum atomic E-state index is -4.61. The van der Waals surface area contributed by atoms with E-state index in [1.807, 2.05) is 0 Å². The van der Waals surface area contributed by atoms with Gasteiger partial charge in [-0.15, -0.1) is 0 Å². The molecule has 0 bridgehead atoms. The second-order valence-electron chi connectivity index (χ2n) is 0.600. The molecule has 0 rings (SSSR count). The van der Waals surface area contributed by atoms with Crippen LogP contribution < -0.4 is 0 Å². The molecule has 0 saturated heterocycles. The van der Waals surface area contributed by atoms with Gasteiger partial charge in [0, 0.05) is 17.1 Å². The summed E-state index contributed by atoms with van der Waals surface area (Å²) in [4.78, 5) is 29.3. The van der Waals surface area contributed by atoms with Crippen molar-refractivity contribution in [3.05, 3.63) is 0 Å². The van der Waals surface area contributed by atoms with Gasteiger partial charge >= 0.3 is 60.5 Å². The summed E-state index contributed by atoms with van der Waals surface area (Å²) in [7, 11) is -4.61. The summed E-state index contributed by atoms with van der Waals surface area (Å²) in [6.07, 6.45) is 0. The van der Waals surface area contributed by atoms with Crippen LogP contribution in [0.3, 0.4) is 0 Å². The molecule has 0 unspecified atom stereocenters. The van der Waals surface area contributed by atoms with E-state index in [-0.39, 0.29) is 42.9 Å². The molecule has 0 atom stereocenters. The average Bonchev–Trinajstić information content (AvgIpc) is 1.36. The Hall–Kier alpha value is 2.05. The first-order valence-electron chi connectivity index (χ1n) is 1.10. The zero-order chi connectivity index (χ0) is 6.50. The standard InChI is InChI=1S/In.Mn.H4O4Si.O.Sn.3H/c;;1-5(2,3)4;;;;;/h;;1-4H;;;;;. The summed E-state index contributed by atoms with van der Waals surface area (Å²) < 4.78 is 8.34. The van der Waals surface area contributed by atoms with Gasteiger partial charge in [-0.25, -0.2) is 0 Å². The topological polar surface area (TPSA) is 98.0 Å². The SMILES string of the molecule is O[Si](O)(O)O.[InH3].[Mn].[O]=[Sn]. The van der Waals surface area contributed by atoms with Gasteiger partial charge in [-0.1, -0.05) is 0 Å². The van der Waals surface area contributed by atoms with Gasteiger partial charge in [-0.2, -0.15) is 0 Å². The molecule has 0 spiro atoms. The van der Waals surface area contributed by atoms with Crippen molar-refractivity contribution in [2.24, 2.45) is 0 Å². The van der Waals surface area contributed by atoms with Crippen molar-refractivity contribution in [2.75, 3.05) is 0 Å². The Morgan fingerprint density at radius 2 is 1.00 bits per heavy atom. The van der Waals surface area contributed by atoms with Crippen molar-refractivity contribution in [1.82, 2.24) is 0 Å². The molecule has 0 aliphatic heterocycles. The van der Waals surface area contributed by atoms with E-state index in [1.165, 1.54) is 0 Å². The van der Waals surface area contributed by atoms with Crippen LogP contribution >= 0.6 is 0 Å². The predicted molar refractivity (Wildman–Crippen MR) is 31.0 cm³/mol. The number of rotatable bonds is 0. The van der Waals surface area contributed by atoms with Gasteiger partial charge in [0.05, 0.1) is 0 Å². The summed E-state index contributed by atoms with van der Waals surface area (Å²) in [5.41, 5.74) is 0. The predicted octanol–water partition coefficient (Wildman–Crippen LogP) is -4.29. The van der Waals surface area contributed by atoms with Crippen LogP contribution in [0, 0.1) is 0 Å². The molecular weight excluding hydrogens is 397 g/mol. The molecule has 0 aromatic heterocycles. The molecular formula is H7InMnO5SiSn. The van der Waals surface area contributed by atoms with Crippen LogP contribution in [0.1, 0.15) is 0 Å². The van der Waals surface area contributed by atoms with Crippen LogP contribution in [0.2, 0.25) is 0 Å². The third-order valence-electron chi connectivity index (χ3n) is 0.